The Morgan fingerprint density at radius 1 is 1.26 bits per heavy atom. The highest BCUT2D eigenvalue weighted by Gasteiger charge is 2.29. The summed E-state index contributed by atoms with van der Waals surface area (Å²) in [7, 11) is 0. The summed E-state index contributed by atoms with van der Waals surface area (Å²) >= 11 is 0. The van der Waals surface area contributed by atoms with Crippen molar-refractivity contribution >= 4 is 18.3 Å². The lowest BCUT2D eigenvalue weighted by molar-refractivity contribution is -0.122. The van der Waals surface area contributed by atoms with E-state index in [-0.39, 0.29) is 30.3 Å². The van der Waals surface area contributed by atoms with Crippen LogP contribution < -0.4 is 11.1 Å². The lowest BCUT2D eigenvalue weighted by atomic mass is 9.99. The Hall–Kier alpha value is -1.06. The fourth-order valence-electron chi connectivity index (χ4n) is 1.95. The lowest BCUT2D eigenvalue weighted by Crippen LogP contribution is -2.32. The second kappa shape index (κ2) is 6.92. The molecule has 0 aromatic heterocycles. The van der Waals surface area contributed by atoms with Crippen molar-refractivity contribution in [3.63, 3.8) is 0 Å². The molecule has 19 heavy (non-hydrogen) atoms. The molecule has 3 nitrogen and oxygen atoms in total. The third-order valence-corrected chi connectivity index (χ3v) is 3.48. The highest BCUT2D eigenvalue weighted by molar-refractivity contribution is 5.85. The van der Waals surface area contributed by atoms with Crippen LogP contribution >= 0.6 is 12.4 Å². The standard InChI is InChI=1S/C15H22N2O.ClH/c1-10(2)11-3-5-12(6-4-11)14(16)9-17-15(18)13-7-8-13;/h3-6,10,13-14H,7-9,16H2,1-2H3,(H,17,18);1H. The molecule has 1 saturated carbocycles. The predicted molar refractivity (Wildman–Crippen MR) is 80.4 cm³/mol. The second-order valence-electron chi connectivity index (χ2n) is 5.45. The van der Waals surface area contributed by atoms with Crippen molar-refractivity contribution in [1.82, 2.24) is 5.32 Å². The van der Waals surface area contributed by atoms with Crippen molar-refractivity contribution in [2.75, 3.05) is 6.54 Å². The van der Waals surface area contributed by atoms with E-state index in [1.165, 1.54) is 5.56 Å². The highest BCUT2D eigenvalue weighted by Crippen LogP contribution is 2.28. The number of hydrogen-bond acceptors (Lipinski definition) is 2. The lowest BCUT2D eigenvalue weighted by Gasteiger charge is -2.14. The van der Waals surface area contributed by atoms with Crippen molar-refractivity contribution in [2.45, 2.75) is 38.6 Å². The smallest absolute Gasteiger partial charge is 0.223 e. The number of halogens is 1. The zero-order chi connectivity index (χ0) is 13.1. The van der Waals surface area contributed by atoms with E-state index < -0.39 is 0 Å². The SMILES string of the molecule is CC(C)c1ccc(C(N)CNC(=O)C2CC2)cc1.Cl. The number of hydrogen-bond donors (Lipinski definition) is 2. The Bertz CT molecular complexity index is 413. The number of nitrogens with one attached hydrogen (secondary N) is 1. The molecule has 1 fully saturated rings. The van der Waals surface area contributed by atoms with Crippen LogP contribution in [-0.4, -0.2) is 12.5 Å². The predicted octanol–water partition coefficient (Wildman–Crippen LogP) is 2.76. The second-order valence-corrected chi connectivity index (χ2v) is 5.45. The number of carbonyl (C=O) groups excluding carboxylic acids is 1. The first kappa shape index (κ1) is 16.0. The number of benzene rings is 1. The monoisotopic (exact) mass is 282 g/mol. The average molecular weight is 283 g/mol. The molecule has 1 unspecified atom stereocenters. The van der Waals surface area contributed by atoms with Gasteiger partial charge < -0.3 is 11.1 Å². The van der Waals surface area contributed by atoms with Gasteiger partial charge in [0.15, 0.2) is 0 Å². The molecule has 3 N–H and O–H groups in total. The maximum absolute atomic E-state index is 11.5. The molecule has 1 atom stereocenters. The molecule has 106 valence electrons. The van der Waals surface area contributed by atoms with E-state index in [2.05, 4.69) is 43.4 Å². The largest absolute Gasteiger partial charge is 0.354 e. The van der Waals surface area contributed by atoms with Crippen LogP contribution in [0.5, 0.6) is 0 Å². The maximum atomic E-state index is 11.5. The average Bonchev–Trinajstić information content (AvgIpc) is 3.20. The molecule has 0 radical (unpaired) electrons. The first-order chi connectivity index (χ1) is 8.58. The van der Waals surface area contributed by atoms with Gasteiger partial charge in [0.1, 0.15) is 0 Å². The Balaban J connectivity index is 0.00000180. The first-order valence-electron chi connectivity index (χ1n) is 6.71. The minimum absolute atomic E-state index is 0. The van der Waals surface area contributed by atoms with E-state index in [0.717, 1.165) is 18.4 Å². The van der Waals surface area contributed by atoms with E-state index in [1.54, 1.807) is 0 Å². The van der Waals surface area contributed by atoms with Gasteiger partial charge in [0.2, 0.25) is 5.91 Å². The summed E-state index contributed by atoms with van der Waals surface area (Å²) in [4.78, 5) is 11.5. The zero-order valence-corrected chi connectivity index (χ0v) is 12.4. The summed E-state index contributed by atoms with van der Waals surface area (Å²) < 4.78 is 0. The van der Waals surface area contributed by atoms with E-state index in [1.807, 2.05) is 0 Å². The van der Waals surface area contributed by atoms with Gasteiger partial charge in [-0.25, -0.2) is 0 Å². The van der Waals surface area contributed by atoms with Crippen LogP contribution in [-0.2, 0) is 4.79 Å². The molecule has 1 aliphatic carbocycles. The van der Waals surface area contributed by atoms with Gasteiger partial charge in [-0.2, -0.15) is 0 Å². The van der Waals surface area contributed by atoms with Crippen LogP contribution in [0.4, 0.5) is 0 Å². The van der Waals surface area contributed by atoms with Gasteiger partial charge in [0, 0.05) is 18.5 Å². The van der Waals surface area contributed by atoms with Crippen molar-refractivity contribution in [3.05, 3.63) is 35.4 Å². The van der Waals surface area contributed by atoms with Gasteiger partial charge >= 0.3 is 0 Å². The van der Waals surface area contributed by atoms with E-state index in [4.69, 9.17) is 5.73 Å². The summed E-state index contributed by atoms with van der Waals surface area (Å²) in [6.45, 7) is 4.87. The Morgan fingerprint density at radius 3 is 2.26 bits per heavy atom. The number of carbonyl (C=O) groups is 1. The molecular formula is C15H23ClN2O. The van der Waals surface area contributed by atoms with Crippen molar-refractivity contribution < 1.29 is 4.79 Å². The Kier molecular flexibility index (Phi) is 5.83. The minimum Gasteiger partial charge on any atom is -0.354 e. The molecule has 4 heteroatoms. The molecule has 1 aromatic carbocycles. The van der Waals surface area contributed by atoms with Gasteiger partial charge in [-0.3, -0.25) is 4.79 Å². The van der Waals surface area contributed by atoms with Crippen LogP contribution in [0.2, 0.25) is 0 Å². The summed E-state index contributed by atoms with van der Waals surface area (Å²) in [5.74, 6) is 0.939. The summed E-state index contributed by atoms with van der Waals surface area (Å²) in [6.07, 6.45) is 2.06. The molecule has 1 amide bonds. The van der Waals surface area contributed by atoms with Gasteiger partial charge in [-0.1, -0.05) is 38.1 Å². The van der Waals surface area contributed by atoms with E-state index in [0.29, 0.717) is 12.5 Å². The summed E-state index contributed by atoms with van der Waals surface area (Å²) in [5, 5.41) is 2.92. The van der Waals surface area contributed by atoms with Gasteiger partial charge in [0.25, 0.3) is 0 Å². The molecule has 1 aromatic rings. The third kappa shape index (κ3) is 4.51. The minimum atomic E-state index is -0.117. The first-order valence-corrected chi connectivity index (χ1v) is 6.71. The fraction of sp³-hybridized carbons (Fsp3) is 0.533. The van der Waals surface area contributed by atoms with Crippen LogP contribution in [0.3, 0.4) is 0 Å². The quantitative estimate of drug-likeness (QED) is 0.872. The molecule has 0 bridgehead atoms. The molecule has 0 saturated heterocycles. The molecule has 0 aliphatic heterocycles. The van der Waals surface area contributed by atoms with Crippen LogP contribution in [0.25, 0.3) is 0 Å². The number of nitrogens with two attached hydrogens (primary N) is 1. The third-order valence-electron chi connectivity index (χ3n) is 3.48. The van der Waals surface area contributed by atoms with Crippen molar-refractivity contribution in [3.8, 4) is 0 Å². The molecule has 0 spiro atoms. The molecule has 0 heterocycles. The highest BCUT2D eigenvalue weighted by atomic mass is 35.5. The summed E-state index contributed by atoms with van der Waals surface area (Å²) in [5.41, 5.74) is 8.47. The number of amides is 1. The van der Waals surface area contributed by atoms with Crippen LogP contribution in [0.15, 0.2) is 24.3 Å². The van der Waals surface area contributed by atoms with E-state index in [9.17, 15) is 4.79 Å². The van der Waals surface area contributed by atoms with Crippen molar-refractivity contribution in [2.24, 2.45) is 11.7 Å². The molecule has 2 rings (SSSR count). The maximum Gasteiger partial charge on any atom is 0.223 e. The van der Waals surface area contributed by atoms with E-state index >= 15 is 0 Å². The van der Waals surface area contributed by atoms with Crippen molar-refractivity contribution in [1.29, 1.82) is 0 Å². The Morgan fingerprint density at radius 2 is 1.79 bits per heavy atom. The van der Waals surface area contributed by atoms with Gasteiger partial charge in [-0.05, 0) is 29.9 Å². The molecule has 1 aliphatic rings. The summed E-state index contributed by atoms with van der Waals surface area (Å²) in [6, 6.07) is 8.23. The number of rotatable bonds is 5. The van der Waals surface area contributed by atoms with Gasteiger partial charge in [0.05, 0.1) is 0 Å². The Labute approximate surface area is 121 Å². The normalized spacial score (nSPS) is 15.8. The topological polar surface area (TPSA) is 55.1 Å². The van der Waals surface area contributed by atoms with Crippen LogP contribution in [0, 0.1) is 5.92 Å². The zero-order valence-electron chi connectivity index (χ0n) is 11.6. The van der Waals surface area contributed by atoms with Gasteiger partial charge in [-0.15, -0.1) is 12.4 Å². The fourth-order valence-corrected chi connectivity index (χ4v) is 1.95. The molecular weight excluding hydrogens is 260 g/mol. The van der Waals surface area contributed by atoms with Crippen LogP contribution in [0.1, 0.15) is 49.8 Å².